The van der Waals surface area contributed by atoms with Crippen molar-refractivity contribution in [2.45, 2.75) is 0 Å². The summed E-state index contributed by atoms with van der Waals surface area (Å²) in [6.45, 7) is 0. The SMILES string of the molecule is N#Cc1nc(Oc2ccc3cc(Br)ccc3c2)ccc1[N+](=O)[O-]. The molecule has 2 aromatic carbocycles. The molecule has 0 spiro atoms. The first-order valence-electron chi connectivity index (χ1n) is 6.49. The van der Waals surface area contributed by atoms with Crippen LogP contribution < -0.4 is 4.74 Å². The van der Waals surface area contributed by atoms with E-state index in [0.29, 0.717) is 5.75 Å². The van der Waals surface area contributed by atoms with Crippen LogP contribution in [0.5, 0.6) is 11.6 Å². The molecule has 0 amide bonds. The molecule has 7 heteroatoms. The lowest BCUT2D eigenvalue weighted by atomic mass is 10.1. The fourth-order valence-corrected chi connectivity index (χ4v) is 2.48. The molecule has 0 radical (unpaired) electrons. The van der Waals surface area contributed by atoms with Gasteiger partial charge in [0.1, 0.15) is 11.8 Å². The van der Waals surface area contributed by atoms with Gasteiger partial charge >= 0.3 is 5.69 Å². The van der Waals surface area contributed by atoms with Crippen LogP contribution in [0.25, 0.3) is 10.8 Å². The molecule has 0 atom stereocenters. The van der Waals surface area contributed by atoms with Gasteiger partial charge in [0.15, 0.2) is 0 Å². The molecule has 0 fully saturated rings. The molecule has 0 unspecified atom stereocenters. The third kappa shape index (κ3) is 3.12. The van der Waals surface area contributed by atoms with E-state index in [2.05, 4.69) is 20.9 Å². The monoisotopic (exact) mass is 369 g/mol. The molecule has 1 heterocycles. The summed E-state index contributed by atoms with van der Waals surface area (Å²) in [7, 11) is 0. The first kappa shape index (κ1) is 14.9. The standard InChI is InChI=1S/C16H8BrN3O3/c17-12-3-1-11-8-13(4-2-10(11)7-12)23-16-6-5-15(20(21)22)14(9-18)19-16/h1-8H. The maximum atomic E-state index is 10.8. The Hall–Kier alpha value is -2.98. The fraction of sp³-hybridized carbons (Fsp3) is 0. The van der Waals surface area contributed by atoms with E-state index in [1.807, 2.05) is 30.3 Å². The van der Waals surface area contributed by atoms with Gasteiger partial charge in [0.2, 0.25) is 11.6 Å². The number of rotatable bonds is 3. The number of nitrogens with zero attached hydrogens (tertiary/aromatic N) is 3. The van der Waals surface area contributed by atoms with Gasteiger partial charge < -0.3 is 4.74 Å². The first-order valence-corrected chi connectivity index (χ1v) is 7.29. The molecule has 6 nitrogen and oxygen atoms in total. The minimum absolute atomic E-state index is 0.128. The summed E-state index contributed by atoms with van der Waals surface area (Å²) in [4.78, 5) is 14.0. The highest BCUT2D eigenvalue weighted by atomic mass is 79.9. The van der Waals surface area contributed by atoms with Crippen molar-refractivity contribution in [1.29, 1.82) is 5.26 Å². The van der Waals surface area contributed by atoms with Crippen molar-refractivity contribution in [3.05, 3.63) is 68.8 Å². The van der Waals surface area contributed by atoms with Crippen molar-refractivity contribution in [2.75, 3.05) is 0 Å². The average Bonchev–Trinajstić information content (AvgIpc) is 2.54. The zero-order valence-corrected chi connectivity index (χ0v) is 13.1. The summed E-state index contributed by atoms with van der Waals surface area (Å²) in [5, 5.41) is 21.8. The summed E-state index contributed by atoms with van der Waals surface area (Å²) in [6, 6.07) is 15.6. The molecule has 3 aromatic rings. The number of hydrogen-bond donors (Lipinski definition) is 0. The van der Waals surface area contributed by atoms with E-state index in [-0.39, 0.29) is 17.3 Å². The molecule has 0 aliphatic rings. The number of nitriles is 1. The van der Waals surface area contributed by atoms with Crippen LogP contribution in [0.15, 0.2) is 53.0 Å². The minimum Gasteiger partial charge on any atom is -0.439 e. The van der Waals surface area contributed by atoms with Gasteiger partial charge in [0.05, 0.1) is 4.92 Å². The van der Waals surface area contributed by atoms with Crippen LogP contribution in [0.2, 0.25) is 0 Å². The van der Waals surface area contributed by atoms with Crippen molar-refractivity contribution >= 4 is 32.4 Å². The second-order valence-electron chi connectivity index (χ2n) is 4.64. The number of benzene rings is 2. The first-order chi connectivity index (χ1) is 11.1. The molecule has 112 valence electrons. The highest BCUT2D eigenvalue weighted by molar-refractivity contribution is 9.10. The second kappa shape index (κ2) is 6.02. The van der Waals surface area contributed by atoms with Crippen molar-refractivity contribution in [1.82, 2.24) is 4.98 Å². The van der Waals surface area contributed by atoms with Gasteiger partial charge in [0.25, 0.3) is 0 Å². The van der Waals surface area contributed by atoms with Crippen LogP contribution in [-0.4, -0.2) is 9.91 Å². The van der Waals surface area contributed by atoms with Gasteiger partial charge in [-0.1, -0.05) is 28.1 Å². The maximum absolute atomic E-state index is 10.8. The number of pyridine rings is 1. The zero-order chi connectivity index (χ0) is 16.4. The molecule has 0 bridgehead atoms. The molecule has 0 saturated heterocycles. The lowest BCUT2D eigenvalue weighted by Crippen LogP contribution is -1.97. The van der Waals surface area contributed by atoms with Crippen molar-refractivity contribution in [2.24, 2.45) is 0 Å². The summed E-state index contributed by atoms with van der Waals surface area (Å²) in [6.07, 6.45) is 0. The topological polar surface area (TPSA) is 89.0 Å². The Balaban J connectivity index is 1.94. The predicted molar refractivity (Wildman–Crippen MR) is 87.3 cm³/mol. The zero-order valence-electron chi connectivity index (χ0n) is 11.6. The van der Waals surface area contributed by atoms with E-state index in [1.165, 1.54) is 12.1 Å². The van der Waals surface area contributed by atoms with Gasteiger partial charge in [0, 0.05) is 16.6 Å². The Kier molecular flexibility index (Phi) is 3.91. The minimum atomic E-state index is -0.650. The van der Waals surface area contributed by atoms with E-state index in [1.54, 1.807) is 12.1 Å². The molecule has 1 aromatic heterocycles. The van der Waals surface area contributed by atoms with E-state index in [9.17, 15) is 10.1 Å². The lowest BCUT2D eigenvalue weighted by Gasteiger charge is -2.06. The molecule has 0 aliphatic heterocycles. The van der Waals surface area contributed by atoms with E-state index >= 15 is 0 Å². The number of aromatic nitrogens is 1. The van der Waals surface area contributed by atoms with Crippen molar-refractivity contribution in [3.63, 3.8) is 0 Å². The van der Waals surface area contributed by atoms with Gasteiger partial charge in [-0.15, -0.1) is 0 Å². The number of nitro groups is 1. The van der Waals surface area contributed by atoms with Gasteiger partial charge in [-0.05, 0) is 35.0 Å². The van der Waals surface area contributed by atoms with E-state index in [0.717, 1.165) is 15.2 Å². The Labute approximate surface area is 139 Å². The molecule has 0 aliphatic carbocycles. The molecule has 0 saturated carbocycles. The molecular weight excluding hydrogens is 362 g/mol. The van der Waals surface area contributed by atoms with Crippen LogP contribution in [-0.2, 0) is 0 Å². The van der Waals surface area contributed by atoms with Gasteiger partial charge in [-0.25, -0.2) is 0 Å². The quantitative estimate of drug-likeness (QED) is 0.498. The largest absolute Gasteiger partial charge is 0.439 e. The van der Waals surface area contributed by atoms with Gasteiger partial charge in [-0.2, -0.15) is 10.2 Å². The van der Waals surface area contributed by atoms with E-state index in [4.69, 9.17) is 10.00 Å². The van der Waals surface area contributed by atoms with Crippen molar-refractivity contribution in [3.8, 4) is 17.7 Å². The highest BCUT2D eigenvalue weighted by Crippen LogP contribution is 2.28. The van der Waals surface area contributed by atoms with Gasteiger partial charge in [-0.3, -0.25) is 10.1 Å². The Morgan fingerprint density at radius 2 is 1.87 bits per heavy atom. The summed E-state index contributed by atoms with van der Waals surface area (Å²) in [5.41, 5.74) is -0.625. The summed E-state index contributed by atoms with van der Waals surface area (Å²) in [5.74, 6) is 0.661. The molecule has 23 heavy (non-hydrogen) atoms. The smallest absolute Gasteiger partial charge is 0.305 e. The maximum Gasteiger partial charge on any atom is 0.305 e. The summed E-state index contributed by atoms with van der Waals surface area (Å²) < 4.78 is 6.58. The van der Waals surface area contributed by atoms with Crippen LogP contribution >= 0.6 is 15.9 Å². The normalized spacial score (nSPS) is 10.3. The third-order valence-corrected chi connectivity index (χ3v) is 3.64. The van der Waals surface area contributed by atoms with E-state index < -0.39 is 4.92 Å². The lowest BCUT2D eigenvalue weighted by molar-refractivity contribution is -0.385. The molecule has 3 rings (SSSR count). The number of halogens is 1. The average molecular weight is 370 g/mol. The number of hydrogen-bond acceptors (Lipinski definition) is 5. The fourth-order valence-electron chi connectivity index (χ4n) is 2.10. The van der Waals surface area contributed by atoms with Crippen molar-refractivity contribution < 1.29 is 9.66 Å². The number of fused-ring (bicyclic) bond motifs is 1. The van der Waals surface area contributed by atoms with Crippen LogP contribution in [0, 0.1) is 21.4 Å². The Bertz CT molecular complexity index is 966. The predicted octanol–water partition coefficient (Wildman–Crippen LogP) is 4.57. The molecular formula is C16H8BrN3O3. The Morgan fingerprint density at radius 3 is 2.61 bits per heavy atom. The Morgan fingerprint density at radius 1 is 1.13 bits per heavy atom. The third-order valence-electron chi connectivity index (χ3n) is 3.15. The molecule has 0 N–H and O–H groups in total. The second-order valence-corrected chi connectivity index (χ2v) is 5.56. The van der Waals surface area contributed by atoms with Crippen LogP contribution in [0.1, 0.15) is 5.69 Å². The van der Waals surface area contributed by atoms with Crippen LogP contribution in [0.3, 0.4) is 0 Å². The van der Waals surface area contributed by atoms with Crippen LogP contribution in [0.4, 0.5) is 5.69 Å². The number of ether oxygens (including phenoxy) is 1. The highest BCUT2D eigenvalue weighted by Gasteiger charge is 2.16. The summed E-state index contributed by atoms with van der Waals surface area (Å²) >= 11 is 3.41.